The maximum atomic E-state index is 13.8. The van der Waals surface area contributed by atoms with E-state index in [-0.39, 0.29) is 5.82 Å². The van der Waals surface area contributed by atoms with Crippen molar-refractivity contribution >= 4 is 21.7 Å². The highest BCUT2D eigenvalue weighted by molar-refractivity contribution is 9.10. The molecule has 0 fully saturated rings. The molecule has 0 bridgehead atoms. The number of aryl methyl sites for hydroxylation is 1. The van der Waals surface area contributed by atoms with Crippen LogP contribution in [0.1, 0.15) is 5.69 Å². The second-order valence-electron chi connectivity index (χ2n) is 3.97. The Kier molecular flexibility index (Phi) is 2.63. The molecule has 0 saturated carbocycles. The summed E-state index contributed by atoms with van der Waals surface area (Å²) >= 11 is 3.36. The SMILES string of the molecule is Cc1c(-c2ccccc2F)nc2ncc(Br)cn12. The number of halogens is 2. The fourth-order valence-corrected chi connectivity index (χ4v) is 2.24. The standard InChI is InChI=1S/C13H9BrFN3/c1-8-12(10-4-2-3-5-11(10)15)17-13-16-6-9(14)7-18(8)13/h2-7H,1H3. The van der Waals surface area contributed by atoms with Crippen molar-refractivity contribution in [2.75, 3.05) is 0 Å². The van der Waals surface area contributed by atoms with Crippen LogP contribution < -0.4 is 0 Å². The Balaban J connectivity index is 2.31. The lowest BCUT2D eigenvalue weighted by molar-refractivity contribution is 0.630. The molecule has 2 aromatic heterocycles. The maximum Gasteiger partial charge on any atom is 0.234 e. The molecule has 0 atom stereocenters. The van der Waals surface area contributed by atoms with E-state index in [1.165, 1.54) is 6.07 Å². The second-order valence-corrected chi connectivity index (χ2v) is 4.88. The maximum absolute atomic E-state index is 13.8. The topological polar surface area (TPSA) is 30.2 Å². The predicted octanol–water partition coefficient (Wildman–Crippen LogP) is 3.61. The zero-order chi connectivity index (χ0) is 12.7. The lowest BCUT2D eigenvalue weighted by Crippen LogP contribution is -1.90. The smallest absolute Gasteiger partial charge is 0.234 e. The van der Waals surface area contributed by atoms with Crippen molar-refractivity contribution in [1.29, 1.82) is 0 Å². The molecule has 2 heterocycles. The predicted molar refractivity (Wildman–Crippen MR) is 70.8 cm³/mol. The second kappa shape index (κ2) is 4.17. The number of fused-ring (bicyclic) bond motifs is 1. The summed E-state index contributed by atoms with van der Waals surface area (Å²) < 4.78 is 16.5. The molecular formula is C13H9BrFN3. The Morgan fingerprint density at radius 3 is 2.83 bits per heavy atom. The molecule has 0 amide bonds. The third-order valence-corrected chi connectivity index (χ3v) is 3.23. The summed E-state index contributed by atoms with van der Waals surface area (Å²) in [5.74, 6) is 0.289. The lowest BCUT2D eigenvalue weighted by atomic mass is 10.1. The molecule has 0 aliphatic heterocycles. The van der Waals surface area contributed by atoms with Crippen LogP contribution in [0.3, 0.4) is 0 Å². The monoisotopic (exact) mass is 305 g/mol. The number of hydrogen-bond donors (Lipinski definition) is 0. The van der Waals surface area contributed by atoms with Gasteiger partial charge in [0.1, 0.15) is 5.82 Å². The van der Waals surface area contributed by atoms with Crippen LogP contribution in [0.5, 0.6) is 0 Å². The largest absolute Gasteiger partial charge is 0.287 e. The number of nitrogens with zero attached hydrogens (tertiary/aromatic N) is 3. The van der Waals surface area contributed by atoms with E-state index in [0.717, 1.165) is 10.2 Å². The molecule has 3 nitrogen and oxygen atoms in total. The van der Waals surface area contributed by atoms with Crippen LogP contribution in [-0.2, 0) is 0 Å². The van der Waals surface area contributed by atoms with Crippen molar-refractivity contribution in [2.45, 2.75) is 6.92 Å². The zero-order valence-corrected chi connectivity index (χ0v) is 11.1. The Hall–Kier alpha value is -1.75. The van der Waals surface area contributed by atoms with Gasteiger partial charge in [-0.2, -0.15) is 0 Å². The van der Waals surface area contributed by atoms with E-state index in [4.69, 9.17) is 0 Å². The van der Waals surface area contributed by atoms with E-state index in [2.05, 4.69) is 25.9 Å². The Labute approximate surface area is 111 Å². The minimum absolute atomic E-state index is 0.275. The zero-order valence-electron chi connectivity index (χ0n) is 9.56. The Morgan fingerprint density at radius 1 is 1.28 bits per heavy atom. The summed E-state index contributed by atoms with van der Waals surface area (Å²) in [5.41, 5.74) is 1.99. The minimum atomic E-state index is -0.275. The van der Waals surface area contributed by atoms with Crippen molar-refractivity contribution in [3.63, 3.8) is 0 Å². The molecule has 1 aromatic carbocycles. The minimum Gasteiger partial charge on any atom is -0.287 e. The number of rotatable bonds is 1. The Bertz CT molecular complexity index is 736. The van der Waals surface area contributed by atoms with Gasteiger partial charge in [0.25, 0.3) is 0 Å². The molecule has 0 N–H and O–H groups in total. The third-order valence-electron chi connectivity index (χ3n) is 2.82. The van der Waals surface area contributed by atoms with Gasteiger partial charge in [0.2, 0.25) is 5.78 Å². The lowest BCUT2D eigenvalue weighted by Gasteiger charge is -2.00. The van der Waals surface area contributed by atoms with Gasteiger partial charge in [-0.25, -0.2) is 14.4 Å². The van der Waals surface area contributed by atoms with Gasteiger partial charge in [0, 0.05) is 23.7 Å². The van der Waals surface area contributed by atoms with Crippen molar-refractivity contribution in [3.05, 3.63) is 52.6 Å². The highest BCUT2D eigenvalue weighted by atomic mass is 79.9. The first-order valence-electron chi connectivity index (χ1n) is 5.42. The quantitative estimate of drug-likeness (QED) is 0.687. The van der Waals surface area contributed by atoms with Gasteiger partial charge in [-0.3, -0.25) is 4.40 Å². The molecule has 0 aliphatic rings. The number of hydrogen-bond acceptors (Lipinski definition) is 2. The summed E-state index contributed by atoms with van der Waals surface area (Å²) in [6, 6.07) is 6.62. The third kappa shape index (κ3) is 1.71. The van der Waals surface area contributed by atoms with Crippen LogP contribution in [0, 0.1) is 12.7 Å². The van der Waals surface area contributed by atoms with E-state index in [1.807, 2.05) is 17.5 Å². The van der Waals surface area contributed by atoms with Crippen LogP contribution in [-0.4, -0.2) is 14.4 Å². The molecule has 0 aliphatic carbocycles. The number of benzene rings is 1. The van der Waals surface area contributed by atoms with E-state index in [1.54, 1.807) is 24.4 Å². The molecule has 0 saturated heterocycles. The van der Waals surface area contributed by atoms with Crippen LogP contribution in [0.2, 0.25) is 0 Å². The van der Waals surface area contributed by atoms with Crippen molar-refractivity contribution < 1.29 is 4.39 Å². The normalized spacial score (nSPS) is 11.1. The molecule has 18 heavy (non-hydrogen) atoms. The first-order valence-corrected chi connectivity index (χ1v) is 6.21. The molecule has 0 spiro atoms. The van der Waals surface area contributed by atoms with Crippen LogP contribution in [0.25, 0.3) is 17.0 Å². The number of aromatic nitrogens is 3. The van der Waals surface area contributed by atoms with Gasteiger partial charge in [0.05, 0.1) is 10.2 Å². The van der Waals surface area contributed by atoms with E-state index >= 15 is 0 Å². The van der Waals surface area contributed by atoms with Crippen molar-refractivity contribution in [2.24, 2.45) is 0 Å². The van der Waals surface area contributed by atoms with E-state index < -0.39 is 0 Å². The van der Waals surface area contributed by atoms with Crippen LogP contribution in [0.15, 0.2) is 41.1 Å². The summed E-state index contributed by atoms with van der Waals surface area (Å²) in [6.07, 6.45) is 3.54. The molecular weight excluding hydrogens is 297 g/mol. The number of imidazole rings is 1. The summed E-state index contributed by atoms with van der Waals surface area (Å²) in [6.45, 7) is 1.90. The molecule has 3 rings (SSSR count). The van der Waals surface area contributed by atoms with Gasteiger partial charge in [-0.05, 0) is 35.0 Å². The highest BCUT2D eigenvalue weighted by Crippen LogP contribution is 2.26. The molecule has 90 valence electrons. The first-order chi connectivity index (χ1) is 8.66. The van der Waals surface area contributed by atoms with Crippen LogP contribution >= 0.6 is 15.9 Å². The summed E-state index contributed by atoms with van der Waals surface area (Å²) in [4.78, 5) is 8.58. The fraction of sp³-hybridized carbons (Fsp3) is 0.0769. The van der Waals surface area contributed by atoms with Gasteiger partial charge in [0.15, 0.2) is 0 Å². The Morgan fingerprint density at radius 2 is 2.06 bits per heavy atom. The summed E-state index contributed by atoms with van der Waals surface area (Å²) in [7, 11) is 0. The van der Waals surface area contributed by atoms with Gasteiger partial charge < -0.3 is 0 Å². The molecule has 0 radical (unpaired) electrons. The van der Waals surface area contributed by atoms with Crippen LogP contribution in [0.4, 0.5) is 4.39 Å². The molecule has 5 heteroatoms. The summed E-state index contributed by atoms with van der Waals surface area (Å²) in [5, 5.41) is 0. The molecule has 0 unspecified atom stereocenters. The highest BCUT2D eigenvalue weighted by Gasteiger charge is 2.14. The molecule has 3 aromatic rings. The van der Waals surface area contributed by atoms with E-state index in [0.29, 0.717) is 17.0 Å². The van der Waals surface area contributed by atoms with Crippen molar-refractivity contribution in [3.8, 4) is 11.3 Å². The average Bonchev–Trinajstić information content (AvgIpc) is 2.68. The van der Waals surface area contributed by atoms with Gasteiger partial charge in [-0.15, -0.1) is 0 Å². The van der Waals surface area contributed by atoms with Gasteiger partial charge >= 0.3 is 0 Å². The van der Waals surface area contributed by atoms with Gasteiger partial charge in [-0.1, -0.05) is 12.1 Å². The average molecular weight is 306 g/mol. The van der Waals surface area contributed by atoms with E-state index in [9.17, 15) is 4.39 Å². The fourth-order valence-electron chi connectivity index (χ4n) is 1.93. The first kappa shape index (κ1) is 11.3. The van der Waals surface area contributed by atoms with Crippen molar-refractivity contribution in [1.82, 2.24) is 14.4 Å².